The number of phenolic OH excluding ortho intramolecular Hbond substituents is 1. The molecular weight excluding hydrogens is 578 g/mol. The first kappa shape index (κ1) is 27.8. The molecule has 8 rings (SSSR count). The number of hydrogen-bond donors (Lipinski definition) is 1. The Balaban J connectivity index is 1.26. The monoisotopic (exact) mass is 609 g/mol. The van der Waals surface area contributed by atoms with Gasteiger partial charge in [0.15, 0.2) is 17.5 Å². The Kier molecular flexibility index (Phi) is 6.39. The number of ether oxygens (including phenoxy) is 2. The van der Waals surface area contributed by atoms with Gasteiger partial charge in [-0.15, -0.1) is 0 Å². The lowest BCUT2D eigenvalue weighted by Gasteiger charge is -2.48. The van der Waals surface area contributed by atoms with Gasteiger partial charge in [0.2, 0.25) is 0 Å². The van der Waals surface area contributed by atoms with Gasteiger partial charge in [-0.05, 0) is 55.8 Å². The highest BCUT2D eigenvalue weighted by Crippen LogP contribution is 2.43. The highest BCUT2D eigenvalue weighted by atomic mass is 19.2. The summed E-state index contributed by atoms with van der Waals surface area (Å²) in [5.74, 6) is -2.98. The van der Waals surface area contributed by atoms with E-state index < -0.39 is 29.2 Å². The molecule has 1 spiro atoms. The second kappa shape index (κ2) is 10.1. The van der Waals surface area contributed by atoms with Gasteiger partial charge in [0.05, 0.1) is 23.1 Å². The van der Waals surface area contributed by atoms with E-state index in [4.69, 9.17) is 14.5 Å². The predicted molar refractivity (Wildman–Crippen MR) is 155 cm³/mol. The molecule has 4 saturated heterocycles. The van der Waals surface area contributed by atoms with E-state index in [-0.39, 0.29) is 51.5 Å². The lowest BCUT2D eigenvalue weighted by molar-refractivity contribution is -0.151. The molecule has 4 fully saturated rings. The summed E-state index contributed by atoms with van der Waals surface area (Å²) in [4.78, 5) is 17.7. The van der Waals surface area contributed by atoms with Gasteiger partial charge in [-0.3, -0.25) is 9.88 Å². The van der Waals surface area contributed by atoms with Gasteiger partial charge in [-0.1, -0.05) is 6.07 Å². The Morgan fingerprint density at radius 1 is 1.05 bits per heavy atom. The zero-order valence-electron chi connectivity index (χ0n) is 24.0. The summed E-state index contributed by atoms with van der Waals surface area (Å²) in [6, 6.07) is 4.64. The summed E-state index contributed by atoms with van der Waals surface area (Å²) < 4.78 is 72.6. The minimum atomic E-state index is -1.17. The number of anilines is 1. The molecule has 6 heterocycles. The number of halogens is 4. The van der Waals surface area contributed by atoms with Crippen LogP contribution in [0.25, 0.3) is 32.9 Å². The Bertz CT molecular complexity index is 1800. The maximum Gasteiger partial charge on any atom is 0.319 e. The molecule has 12 heteroatoms. The Labute approximate surface area is 250 Å². The molecule has 0 bridgehead atoms. The van der Waals surface area contributed by atoms with Crippen LogP contribution in [0.4, 0.5) is 23.4 Å². The SMILES string of the molecule is Oc1cc(-c2ncc3c(N4CCCC5(CCO5)C4)nc(OC[C@@]45CCCN4C[C@H](F)C5)nc3c2F)c2c(F)c(F)ccc2c1. The Morgan fingerprint density at radius 2 is 1.89 bits per heavy atom. The number of pyridine rings is 1. The van der Waals surface area contributed by atoms with Crippen molar-refractivity contribution in [2.45, 2.75) is 55.8 Å². The van der Waals surface area contributed by atoms with E-state index in [1.54, 1.807) is 0 Å². The maximum atomic E-state index is 16.6. The Hall–Kier alpha value is -3.77. The second-order valence-electron chi connectivity index (χ2n) is 12.6. The van der Waals surface area contributed by atoms with Crippen molar-refractivity contribution in [3.8, 4) is 23.0 Å². The first-order chi connectivity index (χ1) is 21.2. The zero-order chi connectivity index (χ0) is 30.2. The van der Waals surface area contributed by atoms with Crippen LogP contribution in [0, 0.1) is 17.5 Å². The normalized spacial score (nSPS) is 26.9. The lowest BCUT2D eigenvalue weighted by atomic mass is 9.86. The minimum Gasteiger partial charge on any atom is -0.508 e. The number of hydrogen-bond acceptors (Lipinski definition) is 8. The van der Waals surface area contributed by atoms with E-state index in [2.05, 4.69) is 14.9 Å². The molecule has 0 saturated carbocycles. The maximum absolute atomic E-state index is 16.6. The van der Waals surface area contributed by atoms with Crippen LogP contribution in [0.2, 0.25) is 0 Å². The van der Waals surface area contributed by atoms with Crippen molar-refractivity contribution in [1.29, 1.82) is 0 Å². The van der Waals surface area contributed by atoms with Gasteiger partial charge in [0.1, 0.15) is 35.6 Å². The number of nitrogens with zero attached hydrogens (tertiary/aromatic N) is 5. The molecule has 1 unspecified atom stereocenters. The van der Waals surface area contributed by atoms with E-state index in [0.717, 1.165) is 50.8 Å². The number of aromatic hydroxyl groups is 1. The molecule has 2 aromatic carbocycles. The summed E-state index contributed by atoms with van der Waals surface area (Å²) in [5, 5.41) is 10.7. The Morgan fingerprint density at radius 3 is 2.70 bits per heavy atom. The number of benzene rings is 2. The molecule has 230 valence electrons. The molecule has 0 amide bonds. The number of piperidine rings is 1. The average Bonchev–Trinajstić information content (AvgIpc) is 3.52. The fourth-order valence-corrected chi connectivity index (χ4v) is 7.72. The van der Waals surface area contributed by atoms with Gasteiger partial charge in [0.25, 0.3) is 0 Å². The van der Waals surface area contributed by atoms with Gasteiger partial charge >= 0.3 is 6.01 Å². The van der Waals surface area contributed by atoms with Crippen LogP contribution in [0.15, 0.2) is 30.5 Å². The molecular formula is C32H31F4N5O3. The van der Waals surface area contributed by atoms with E-state index >= 15 is 8.78 Å². The molecule has 4 aliphatic rings. The molecule has 44 heavy (non-hydrogen) atoms. The molecule has 8 nitrogen and oxygen atoms in total. The molecule has 4 aromatic rings. The number of fused-ring (bicyclic) bond motifs is 3. The third-order valence-electron chi connectivity index (χ3n) is 9.93. The molecule has 3 atom stereocenters. The number of phenols is 1. The number of rotatable bonds is 5. The van der Waals surface area contributed by atoms with E-state index in [1.807, 2.05) is 4.90 Å². The second-order valence-corrected chi connectivity index (χ2v) is 12.6. The molecule has 4 aliphatic heterocycles. The predicted octanol–water partition coefficient (Wildman–Crippen LogP) is 5.68. The van der Waals surface area contributed by atoms with Gasteiger partial charge in [0, 0.05) is 49.6 Å². The van der Waals surface area contributed by atoms with Crippen LogP contribution in [-0.2, 0) is 4.74 Å². The number of aromatic nitrogens is 3. The summed E-state index contributed by atoms with van der Waals surface area (Å²) in [5.41, 5.74) is -1.26. The van der Waals surface area contributed by atoms with Crippen LogP contribution in [0.3, 0.4) is 0 Å². The van der Waals surface area contributed by atoms with Crippen LogP contribution >= 0.6 is 0 Å². The zero-order valence-corrected chi connectivity index (χ0v) is 24.0. The largest absolute Gasteiger partial charge is 0.508 e. The van der Waals surface area contributed by atoms with Gasteiger partial charge in [-0.25, -0.2) is 17.6 Å². The van der Waals surface area contributed by atoms with E-state index in [9.17, 15) is 13.9 Å². The van der Waals surface area contributed by atoms with E-state index in [0.29, 0.717) is 43.9 Å². The average molecular weight is 610 g/mol. The molecule has 2 aromatic heterocycles. The first-order valence-corrected chi connectivity index (χ1v) is 15.1. The van der Waals surface area contributed by atoms with E-state index in [1.165, 1.54) is 18.3 Å². The highest BCUT2D eigenvalue weighted by Gasteiger charge is 2.49. The van der Waals surface area contributed by atoms with Crippen molar-refractivity contribution in [2.75, 3.05) is 44.3 Å². The minimum absolute atomic E-state index is 0.0563. The highest BCUT2D eigenvalue weighted by molar-refractivity contribution is 6.00. The fourth-order valence-electron chi connectivity index (χ4n) is 7.72. The summed E-state index contributed by atoms with van der Waals surface area (Å²) in [6.45, 7) is 3.22. The van der Waals surface area contributed by atoms with Crippen LogP contribution in [-0.4, -0.2) is 81.7 Å². The number of alkyl halides is 1. The third kappa shape index (κ3) is 4.36. The van der Waals surface area contributed by atoms with Crippen molar-refractivity contribution in [3.63, 3.8) is 0 Å². The van der Waals surface area contributed by atoms with Crippen LogP contribution in [0.1, 0.15) is 38.5 Å². The summed E-state index contributed by atoms with van der Waals surface area (Å²) >= 11 is 0. The fraction of sp³-hybridized carbons (Fsp3) is 0.469. The van der Waals surface area contributed by atoms with Gasteiger partial charge in [-0.2, -0.15) is 9.97 Å². The molecule has 0 aliphatic carbocycles. The van der Waals surface area contributed by atoms with Gasteiger partial charge < -0.3 is 19.5 Å². The van der Waals surface area contributed by atoms with Crippen molar-refractivity contribution in [3.05, 3.63) is 47.9 Å². The lowest BCUT2D eigenvalue weighted by Crippen LogP contribution is -2.56. The summed E-state index contributed by atoms with van der Waals surface area (Å²) in [7, 11) is 0. The van der Waals surface area contributed by atoms with Crippen molar-refractivity contribution in [2.24, 2.45) is 0 Å². The third-order valence-corrected chi connectivity index (χ3v) is 9.93. The van der Waals surface area contributed by atoms with Crippen molar-refractivity contribution >= 4 is 27.5 Å². The standard InChI is InChI=1S/C32H31F4N5O3/c33-19-13-31(5-1-9-41(31)15-19)17-43-30-38-28-22(29(39-30)40-8-2-6-32(16-40)7-10-44-32)14-37-27(26(28)36)21-12-20(42)11-18-3-4-23(34)25(35)24(18)21/h3-4,11-12,14,19,42H,1-2,5-10,13,15-17H2/t19-,31+,32?/m1/s1. The molecule has 0 radical (unpaired) electrons. The van der Waals surface area contributed by atoms with Crippen molar-refractivity contribution in [1.82, 2.24) is 19.9 Å². The smallest absolute Gasteiger partial charge is 0.319 e. The molecule has 1 N–H and O–H groups in total. The topological polar surface area (TPSA) is 83.8 Å². The van der Waals surface area contributed by atoms with Crippen LogP contribution in [0.5, 0.6) is 11.8 Å². The van der Waals surface area contributed by atoms with Crippen LogP contribution < -0.4 is 9.64 Å². The quantitative estimate of drug-likeness (QED) is 0.290. The summed E-state index contributed by atoms with van der Waals surface area (Å²) in [6.07, 6.45) is 5.26. The first-order valence-electron chi connectivity index (χ1n) is 15.1. The van der Waals surface area contributed by atoms with Crippen molar-refractivity contribution < 1.29 is 32.1 Å².